The summed E-state index contributed by atoms with van der Waals surface area (Å²) in [5.74, 6) is 0.771. The lowest BCUT2D eigenvalue weighted by Gasteiger charge is -2.28. The Morgan fingerprint density at radius 2 is 1.56 bits per heavy atom. The van der Waals surface area contributed by atoms with Gasteiger partial charge in [0.2, 0.25) is 11.8 Å². The van der Waals surface area contributed by atoms with E-state index in [0.717, 1.165) is 5.56 Å². The van der Waals surface area contributed by atoms with Gasteiger partial charge < -0.3 is 14.2 Å². The Bertz CT molecular complexity index is 702. The lowest BCUT2D eigenvalue weighted by Crippen LogP contribution is -2.30. The first kappa shape index (κ1) is 19.1. The van der Waals surface area contributed by atoms with E-state index < -0.39 is 0 Å². The van der Waals surface area contributed by atoms with Crippen LogP contribution in [0.3, 0.4) is 0 Å². The molecule has 1 aromatic carbocycles. The predicted molar refractivity (Wildman–Crippen MR) is 99.5 cm³/mol. The van der Waals surface area contributed by atoms with Crippen molar-refractivity contribution in [2.45, 2.75) is 26.9 Å². The summed E-state index contributed by atoms with van der Waals surface area (Å²) in [5, 5.41) is 0.706. The highest BCUT2D eigenvalue weighted by Gasteiger charge is 2.25. The number of hydrogen-bond donors (Lipinski definition) is 0. The molecule has 2 aromatic rings. The van der Waals surface area contributed by atoms with Crippen LogP contribution in [-0.2, 0) is 0 Å². The quantitative estimate of drug-likeness (QED) is 0.748. The first-order chi connectivity index (χ1) is 11.8. The molecule has 134 valence electrons. The zero-order valence-corrected chi connectivity index (χ0v) is 15.9. The van der Waals surface area contributed by atoms with E-state index in [0.29, 0.717) is 16.8 Å². The van der Waals surface area contributed by atoms with Crippen LogP contribution in [-0.4, -0.2) is 30.3 Å². The van der Waals surface area contributed by atoms with Gasteiger partial charge in [0.15, 0.2) is 0 Å². The molecule has 1 aromatic heterocycles. The third-order valence-corrected chi connectivity index (χ3v) is 3.75. The average Bonchev–Trinajstić information content (AvgIpc) is 2.58. The molecule has 0 N–H and O–H groups in total. The van der Waals surface area contributed by atoms with Crippen molar-refractivity contribution in [2.75, 3.05) is 14.2 Å². The number of aromatic nitrogens is 2. The van der Waals surface area contributed by atoms with Crippen LogP contribution < -0.4 is 14.2 Å². The SMILES string of the molecule is COc1cc(OC)nc(OC(/C=C/c2ccc(Cl)cc2)C(C)(C)C)n1. The molecule has 25 heavy (non-hydrogen) atoms. The van der Waals surface area contributed by atoms with E-state index in [4.69, 9.17) is 25.8 Å². The highest BCUT2D eigenvalue weighted by Crippen LogP contribution is 2.27. The maximum absolute atomic E-state index is 6.01. The normalized spacial score (nSPS) is 12.9. The van der Waals surface area contributed by atoms with Crippen molar-refractivity contribution in [3.8, 4) is 17.8 Å². The van der Waals surface area contributed by atoms with Crippen LogP contribution in [0.4, 0.5) is 0 Å². The molecular weight excluding hydrogens is 340 g/mol. The van der Waals surface area contributed by atoms with Gasteiger partial charge in [0.1, 0.15) is 6.10 Å². The Hall–Kier alpha value is -2.27. The Morgan fingerprint density at radius 1 is 1.00 bits per heavy atom. The molecule has 0 saturated heterocycles. The number of halogens is 1. The van der Waals surface area contributed by atoms with E-state index in [1.165, 1.54) is 14.2 Å². The Balaban J connectivity index is 2.25. The fraction of sp³-hybridized carbons (Fsp3) is 0.368. The van der Waals surface area contributed by atoms with Crippen LogP contribution >= 0.6 is 11.6 Å². The standard InChI is InChI=1S/C19H23ClN2O3/c1-19(2,3)15(11-8-13-6-9-14(20)10-7-13)25-18-21-16(23-4)12-17(22-18)24-5/h6-12,15H,1-5H3/b11-8+. The second kappa shape index (κ2) is 8.21. The van der Waals surface area contributed by atoms with Gasteiger partial charge in [-0.15, -0.1) is 0 Å². The van der Waals surface area contributed by atoms with Crippen molar-refractivity contribution in [1.82, 2.24) is 9.97 Å². The molecule has 0 aliphatic heterocycles. The van der Waals surface area contributed by atoms with Gasteiger partial charge in [-0.25, -0.2) is 0 Å². The van der Waals surface area contributed by atoms with Crippen LogP contribution in [0, 0.1) is 5.41 Å². The molecular formula is C19H23ClN2O3. The fourth-order valence-corrected chi connectivity index (χ4v) is 2.16. The molecule has 0 spiro atoms. The topological polar surface area (TPSA) is 53.5 Å². The summed E-state index contributed by atoms with van der Waals surface area (Å²) in [6.07, 6.45) is 3.72. The molecule has 5 nitrogen and oxygen atoms in total. The molecule has 0 amide bonds. The maximum atomic E-state index is 6.01. The van der Waals surface area contributed by atoms with Crippen molar-refractivity contribution in [3.63, 3.8) is 0 Å². The van der Waals surface area contributed by atoms with Crippen LogP contribution in [0.5, 0.6) is 17.8 Å². The van der Waals surface area contributed by atoms with Gasteiger partial charge in [0.05, 0.1) is 20.3 Å². The minimum absolute atomic E-state index is 0.164. The second-order valence-electron chi connectivity index (χ2n) is 6.55. The van der Waals surface area contributed by atoms with E-state index in [9.17, 15) is 0 Å². The van der Waals surface area contributed by atoms with Gasteiger partial charge in [0.25, 0.3) is 0 Å². The van der Waals surface area contributed by atoms with Gasteiger partial charge in [-0.3, -0.25) is 0 Å². The van der Waals surface area contributed by atoms with Gasteiger partial charge in [-0.1, -0.05) is 50.6 Å². The number of methoxy groups -OCH3 is 2. The van der Waals surface area contributed by atoms with Crippen LogP contribution in [0.1, 0.15) is 26.3 Å². The van der Waals surface area contributed by atoms with E-state index in [2.05, 4.69) is 30.7 Å². The molecule has 0 radical (unpaired) electrons. The van der Waals surface area contributed by atoms with Crippen molar-refractivity contribution in [2.24, 2.45) is 5.41 Å². The summed E-state index contributed by atoms with van der Waals surface area (Å²) in [7, 11) is 3.07. The van der Waals surface area contributed by atoms with Crippen LogP contribution in [0.25, 0.3) is 6.08 Å². The third kappa shape index (κ3) is 5.64. The van der Waals surface area contributed by atoms with E-state index in [-0.39, 0.29) is 17.5 Å². The Kier molecular flexibility index (Phi) is 6.26. The lowest BCUT2D eigenvalue weighted by molar-refractivity contribution is 0.116. The summed E-state index contributed by atoms with van der Waals surface area (Å²) < 4.78 is 16.3. The first-order valence-electron chi connectivity index (χ1n) is 7.89. The van der Waals surface area contributed by atoms with Gasteiger partial charge in [-0.2, -0.15) is 9.97 Å². The molecule has 1 heterocycles. The molecule has 1 unspecified atom stereocenters. The Labute approximate surface area is 153 Å². The van der Waals surface area contributed by atoms with Crippen LogP contribution in [0.15, 0.2) is 36.4 Å². The predicted octanol–water partition coefficient (Wildman–Crippen LogP) is 4.65. The van der Waals surface area contributed by atoms with Crippen molar-refractivity contribution >= 4 is 17.7 Å². The number of ether oxygens (including phenoxy) is 3. The lowest BCUT2D eigenvalue weighted by atomic mass is 9.88. The van der Waals surface area contributed by atoms with E-state index in [1.54, 1.807) is 6.07 Å². The minimum Gasteiger partial charge on any atom is -0.481 e. The molecule has 0 aliphatic carbocycles. The van der Waals surface area contributed by atoms with Gasteiger partial charge in [-0.05, 0) is 23.8 Å². The summed E-state index contributed by atoms with van der Waals surface area (Å²) in [6.45, 7) is 6.25. The molecule has 0 bridgehead atoms. The molecule has 0 fully saturated rings. The number of rotatable bonds is 6. The molecule has 6 heteroatoms. The number of hydrogen-bond acceptors (Lipinski definition) is 5. The molecule has 0 saturated carbocycles. The first-order valence-corrected chi connectivity index (χ1v) is 8.27. The van der Waals surface area contributed by atoms with Crippen LogP contribution in [0.2, 0.25) is 5.02 Å². The van der Waals surface area contributed by atoms with E-state index in [1.807, 2.05) is 36.4 Å². The maximum Gasteiger partial charge on any atom is 0.323 e. The minimum atomic E-state index is -0.250. The molecule has 0 aliphatic rings. The zero-order valence-electron chi connectivity index (χ0n) is 15.1. The monoisotopic (exact) mass is 362 g/mol. The Morgan fingerprint density at radius 3 is 2.04 bits per heavy atom. The van der Waals surface area contributed by atoms with Crippen molar-refractivity contribution in [3.05, 3.63) is 47.0 Å². The second-order valence-corrected chi connectivity index (χ2v) is 6.99. The fourth-order valence-electron chi connectivity index (χ4n) is 2.04. The average molecular weight is 363 g/mol. The highest BCUT2D eigenvalue weighted by molar-refractivity contribution is 6.30. The van der Waals surface area contributed by atoms with Crippen molar-refractivity contribution in [1.29, 1.82) is 0 Å². The number of nitrogens with zero attached hydrogens (tertiary/aromatic N) is 2. The van der Waals surface area contributed by atoms with Gasteiger partial charge >= 0.3 is 6.01 Å². The molecule has 1 atom stereocenters. The van der Waals surface area contributed by atoms with E-state index >= 15 is 0 Å². The summed E-state index contributed by atoms with van der Waals surface area (Å²) in [5.41, 5.74) is 0.870. The third-order valence-electron chi connectivity index (χ3n) is 3.50. The smallest absolute Gasteiger partial charge is 0.323 e. The highest BCUT2D eigenvalue weighted by atomic mass is 35.5. The zero-order chi connectivity index (χ0) is 18.4. The molecule has 2 rings (SSSR count). The number of benzene rings is 1. The van der Waals surface area contributed by atoms with Crippen molar-refractivity contribution < 1.29 is 14.2 Å². The summed E-state index contributed by atoms with van der Waals surface area (Å²) in [6, 6.07) is 9.40. The summed E-state index contributed by atoms with van der Waals surface area (Å²) in [4.78, 5) is 8.47. The van der Waals surface area contributed by atoms with Gasteiger partial charge in [0, 0.05) is 10.4 Å². The summed E-state index contributed by atoms with van der Waals surface area (Å²) >= 11 is 5.92. The largest absolute Gasteiger partial charge is 0.481 e.